The van der Waals surface area contributed by atoms with E-state index in [1.165, 1.54) is 18.7 Å². The van der Waals surface area contributed by atoms with E-state index in [0.29, 0.717) is 22.5 Å². The van der Waals surface area contributed by atoms with Crippen molar-refractivity contribution in [3.8, 4) is 0 Å². The van der Waals surface area contributed by atoms with Crippen molar-refractivity contribution >= 4 is 29.1 Å². The zero-order chi connectivity index (χ0) is 23.3. The second-order valence-electron chi connectivity index (χ2n) is 10.3. The number of benzene rings is 2. The van der Waals surface area contributed by atoms with E-state index in [2.05, 4.69) is 0 Å². The first-order valence-corrected chi connectivity index (χ1v) is 11.7. The summed E-state index contributed by atoms with van der Waals surface area (Å²) < 4.78 is 20.7. The molecule has 0 unspecified atom stereocenters. The molecule has 2 aliphatic carbocycles. The Bertz CT molecular complexity index is 1380. The van der Waals surface area contributed by atoms with Crippen LogP contribution < -0.4 is 9.80 Å². The van der Waals surface area contributed by atoms with E-state index < -0.39 is 40.1 Å². The Kier molecular flexibility index (Phi) is 2.99. The number of amides is 3. The van der Waals surface area contributed by atoms with Gasteiger partial charge < -0.3 is 14.2 Å². The molecule has 4 aliphatic heterocycles. The van der Waals surface area contributed by atoms with Crippen LogP contribution >= 0.6 is 0 Å². The average Bonchev–Trinajstić information content (AvgIpc) is 3.70. The van der Waals surface area contributed by atoms with Crippen molar-refractivity contribution in [1.29, 1.82) is 0 Å². The van der Waals surface area contributed by atoms with Crippen LogP contribution in [0.5, 0.6) is 0 Å². The lowest BCUT2D eigenvalue weighted by Crippen LogP contribution is -2.88. The molecule has 2 saturated heterocycles. The van der Waals surface area contributed by atoms with Gasteiger partial charge in [-0.1, -0.05) is 36.4 Å². The molecule has 4 fully saturated rings. The Balaban J connectivity index is 1.47. The molecule has 4 heterocycles. The predicted molar refractivity (Wildman–Crippen MR) is 117 cm³/mol. The van der Waals surface area contributed by atoms with Crippen molar-refractivity contribution in [2.75, 3.05) is 9.80 Å². The summed E-state index contributed by atoms with van der Waals surface area (Å²) in [6, 6.07) is 14.6. The SMILES string of the molecule is CC(=O)N1C(=O)[C@@]2(O[C@@]34OC5(CC5)C5(CC5)O[C@]32c2ccccc2N4C(C)=O)c2ccccc21. The first-order chi connectivity index (χ1) is 16.3. The van der Waals surface area contributed by atoms with E-state index in [1.54, 1.807) is 18.2 Å². The largest absolute Gasteiger partial charge is 0.349 e. The number of hydrogen-bond donors (Lipinski definition) is 0. The summed E-state index contributed by atoms with van der Waals surface area (Å²) in [6.45, 7) is 2.83. The molecular weight excluding hydrogens is 436 g/mol. The van der Waals surface area contributed by atoms with Crippen LogP contribution in [0.25, 0.3) is 0 Å². The van der Waals surface area contributed by atoms with Gasteiger partial charge in [0.05, 0.1) is 17.0 Å². The van der Waals surface area contributed by atoms with Crippen LogP contribution in [0.1, 0.15) is 50.7 Å². The van der Waals surface area contributed by atoms with E-state index >= 15 is 0 Å². The van der Waals surface area contributed by atoms with Gasteiger partial charge in [-0.25, -0.2) is 4.90 Å². The number of hydrogen-bond acceptors (Lipinski definition) is 6. The van der Waals surface area contributed by atoms with Crippen LogP contribution in [0.4, 0.5) is 11.4 Å². The molecule has 3 amide bonds. The van der Waals surface area contributed by atoms with Crippen molar-refractivity contribution in [2.45, 2.75) is 67.8 Å². The number of anilines is 2. The fourth-order valence-electron chi connectivity index (χ4n) is 7.11. The van der Waals surface area contributed by atoms with Crippen molar-refractivity contribution in [3.05, 3.63) is 59.7 Å². The summed E-state index contributed by atoms with van der Waals surface area (Å²) in [4.78, 5) is 42.7. The fraction of sp³-hybridized carbons (Fsp3) is 0.423. The van der Waals surface area contributed by atoms with Crippen LogP contribution in [-0.4, -0.2) is 34.8 Å². The average molecular weight is 458 g/mol. The maximum absolute atomic E-state index is 14.2. The molecule has 2 aromatic rings. The molecule has 2 aromatic carbocycles. The van der Waals surface area contributed by atoms with Crippen molar-refractivity contribution in [2.24, 2.45) is 0 Å². The molecule has 34 heavy (non-hydrogen) atoms. The molecule has 0 aromatic heterocycles. The predicted octanol–water partition coefficient (Wildman–Crippen LogP) is 2.83. The standard InChI is InChI=1S/C26H22N2O6/c1-15(29)27-19-9-5-3-7-17(19)24(21(27)31)25-18-8-4-6-10-20(18)28(16(2)30)26(25,34-24)33-23(13-14-23)22(32-25)11-12-22/h3-10H,11-14H2,1-2H3/t24-,25-,26-/m0/s1. The third-order valence-corrected chi connectivity index (χ3v) is 8.63. The quantitative estimate of drug-likeness (QED) is 0.604. The second kappa shape index (κ2) is 5.27. The summed E-state index contributed by atoms with van der Waals surface area (Å²) in [7, 11) is 0. The number of carbonyl (C=O) groups is 3. The molecule has 172 valence electrons. The van der Waals surface area contributed by atoms with Gasteiger partial charge >= 0.3 is 0 Å². The summed E-state index contributed by atoms with van der Waals surface area (Å²) in [6.07, 6.45) is 3.26. The third kappa shape index (κ3) is 1.62. The molecule has 0 N–H and O–H groups in total. The molecule has 3 atom stereocenters. The van der Waals surface area contributed by atoms with Crippen molar-refractivity contribution in [3.63, 3.8) is 0 Å². The van der Waals surface area contributed by atoms with Gasteiger partial charge in [0.1, 0.15) is 5.60 Å². The van der Waals surface area contributed by atoms with E-state index in [-0.39, 0.29) is 5.91 Å². The highest BCUT2D eigenvalue weighted by Crippen LogP contribution is 2.82. The summed E-state index contributed by atoms with van der Waals surface area (Å²) in [5.74, 6) is -2.80. The van der Waals surface area contributed by atoms with E-state index in [9.17, 15) is 14.4 Å². The van der Waals surface area contributed by atoms with Crippen LogP contribution in [0, 0.1) is 0 Å². The lowest BCUT2D eigenvalue weighted by atomic mass is 9.66. The number of fused-ring (bicyclic) bond motifs is 4. The first kappa shape index (κ1) is 19.3. The number of ether oxygens (including phenoxy) is 3. The highest BCUT2D eigenvalue weighted by Gasteiger charge is 2.97. The molecule has 8 heteroatoms. The van der Waals surface area contributed by atoms with Gasteiger partial charge in [-0.3, -0.25) is 19.3 Å². The van der Waals surface area contributed by atoms with Crippen molar-refractivity contribution in [1.82, 2.24) is 0 Å². The van der Waals surface area contributed by atoms with E-state index in [1.807, 2.05) is 30.3 Å². The lowest BCUT2D eigenvalue weighted by molar-refractivity contribution is -0.539. The van der Waals surface area contributed by atoms with Gasteiger partial charge in [-0.2, -0.15) is 0 Å². The molecule has 8 nitrogen and oxygen atoms in total. The summed E-state index contributed by atoms with van der Waals surface area (Å²) in [5, 5.41) is 0. The topological polar surface area (TPSA) is 85.4 Å². The molecule has 0 bridgehead atoms. The van der Waals surface area contributed by atoms with Crippen LogP contribution in [0.2, 0.25) is 0 Å². The zero-order valence-corrected chi connectivity index (χ0v) is 18.8. The second-order valence-corrected chi connectivity index (χ2v) is 10.3. The highest BCUT2D eigenvalue weighted by atomic mass is 16.8. The molecule has 3 spiro atoms. The minimum Gasteiger partial charge on any atom is -0.349 e. The van der Waals surface area contributed by atoms with Gasteiger partial charge in [0.25, 0.3) is 11.8 Å². The Morgan fingerprint density at radius 3 is 1.97 bits per heavy atom. The van der Waals surface area contributed by atoms with E-state index in [0.717, 1.165) is 30.6 Å². The van der Waals surface area contributed by atoms with Crippen LogP contribution in [-0.2, 0) is 39.8 Å². The van der Waals surface area contributed by atoms with Gasteiger partial charge in [0, 0.05) is 25.0 Å². The maximum atomic E-state index is 14.2. The first-order valence-electron chi connectivity index (χ1n) is 11.7. The van der Waals surface area contributed by atoms with Crippen molar-refractivity contribution < 1.29 is 28.6 Å². The normalized spacial score (nSPS) is 36.1. The summed E-state index contributed by atoms with van der Waals surface area (Å²) in [5.41, 5.74) is -1.86. The molecule has 6 aliphatic rings. The molecular formula is C26H22N2O6. The highest BCUT2D eigenvalue weighted by molar-refractivity contribution is 6.23. The zero-order valence-electron chi connectivity index (χ0n) is 18.8. The monoisotopic (exact) mass is 458 g/mol. The molecule has 2 saturated carbocycles. The Morgan fingerprint density at radius 1 is 0.765 bits per heavy atom. The Hall–Kier alpha value is -3.07. The van der Waals surface area contributed by atoms with Gasteiger partial charge in [-0.05, 0) is 37.8 Å². The minimum absolute atomic E-state index is 0.266. The van der Waals surface area contributed by atoms with Gasteiger partial charge in [-0.15, -0.1) is 0 Å². The van der Waals surface area contributed by atoms with Crippen LogP contribution in [0.3, 0.4) is 0 Å². The Morgan fingerprint density at radius 2 is 1.35 bits per heavy atom. The van der Waals surface area contributed by atoms with Crippen LogP contribution in [0.15, 0.2) is 48.5 Å². The number of carbonyl (C=O) groups excluding carboxylic acids is 3. The molecule has 8 rings (SSSR count). The number of imide groups is 1. The maximum Gasteiger partial charge on any atom is 0.299 e. The van der Waals surface area contributed by atoms with E-state index in [4.69, 9.17) is 14.2 Å². The van der Waals surface area contributed by atoms with Gasteiger partial charge in [0.2, 0.25) is 23.0 Å². The smallest absolute Gasteiger partial charge is 0.299 e. The third-order valence-electron chi connectivity index (χ3n) is 8.63. The minimum atomic E-state index is -1.65. The van der Waals surface area contributed by atoms with Gasteiger partial charge in [0.15, 0.2) is 0 Å². The Labute approximate surface area is 195 Å². The summed E-state index contributed by atoms with van der Waals surface area (Å²) >= 11 is 0. The fourth-order valence-corrected chi connectivity index (χ4v) is 7.11. The number of para-hydroxylation sites is 2. The number of rotatable bonds is 0. The molecule has 0 radical (unpaired) electrons. The lowest BCUT2D eigenvalue weighted by Gasteiger charge is -2.68. The number of nitrogens with zero attached hydrogens (tertiary/aromatic N) is 2.